The average Bonchev–Trinajstić information content (AvgIpc) is 2.44. The summed E-state index contributed by atoms with van der Waals surface area (Å²) in [4.78, 5) is 13.8. The summed E-state index contributed by atoms with van der Waals surface area (Å²) in [5.74, 6) is 0.771. The second-order valence-corrected chi connectivity index (χ2v) is 4.78. The van der Waals surface area contributed by atoms with Gasteiger partial charge in [-0.15, -0.1) is 0 Å². The minimum Gasteiger partial charge on any atom is -0.494 e. The van der Waals surface area contributed by atoms with Crippen molar-refractivity contribution in [1.82, 2.24) is 4.90 Å². The molecule has 106 valence electrons. The summed E-state index contributed by atoms with van der Waals surface area (Å²) in [6.45, 7) is 4.34. The topological polar surface area (TPSA) is 38.8 Å². The maximum Gasteiger partial charge on any atom is 0.253 e. The summed E-state index contributed by atoms with van der Waals surface area (Å²) < 4.78 is 10.7. The molecule has 0 aliphatic rings. The number of nitrogens with zero attached hydrogens (tertiary/aromatic N) is 1. The Hall–Kier alpha value is -1.07. The number of halogens is 1. The van der Waals surface area contributed by atoms with E-state index in [1.807, 2.05) is 19.1 Å². The van der Waals surface area contributed by atoms with E-state index >= 15 is 0 Å². The molecule has 0 bridgehead atoms. The van der Waals surface area contributed by atoms with E-state index in [9.17, 15) is 4.79 Å². The molecule has 0 atom stereocenters. The number of carbonyl (C=O) groups excluding carboxylic acids is 1. The molecule has 0 unspecified atom stereocenters. The van der Waals surface area contributed by atoms with Gasteiger partial charge < -0.3 is 14.4 Å². The molecule has 0 spiro atoms. The van der Waals surface area contributed by atoms with Crippen LogP contribution in [0.5, 0.6) is 5.75 Å². The van der Waals surface area contributed by atoms with Crippen LogP contribution >= 0.6 is 15.9 Å². The number of carbonyl (C=O) groups is 1. The van der Waals surface area contributed by atoms with E-state index in [0.29, 0.717) is 31.9 Å². The van der Waals surface area contributed by atoms with Gasteiger partial charge in [-0.2, -0.15) is 0 Å². The lowest BCUT2D eigenvalue weighted by Gasteiger charge is -2.17. The Morgan fingerprint density at radius 2 is 1.95 bits per heavy atom. The monoisotopic (exact) mass is 329 g/mol. The molecule has 0 aromatic heterocycles. The van der Waals surface area contributed by atoms with Gasteiger partial charge in [-0.25, -0.2) is 0 Å². The lowest BCUT2D eigenvalue weighted by Crippen LogP contribution is -2.30. The third-order valence-corrected chi connectivity index (χ3v) is 2.88. The van der Waals surface area contributed by atoms with E-state index in [2.05, 4.69) is 15.9 Å². The molecule has 19 heavy (non-hydrogen) atoms. The normalized spacial score (nSPS) is 10.3. The Balaban J connectivity index is 2.47. The molecular formula is C14H20BrNO3. The van der Waals surface area contributed by atoms with Crippen LogP contribution in [-0.2, 0) is 4.74 Å². The van der Waals surface area contributed by atoms with Crippen LogP contribution < -0.4 is 4.74 Å². The van der Waals surface area contributed by atoms with Gasteiger partial charge in [0.05, 0.1) is 19.8 Å². The van der Waals surface area contributed by atoms with Gasteiger partial charge in [-0.05, 0) is 31.2 Å². The van der Waals surface area contributed by atoms with Gasteiger partial charge >= 0.3 is 0 Å². The molecule has 0 heterocycles. The number of alkyl halides is 1. The fourth-order valence-corrected chi connectivity index (χ4v) is 1.77. The van der Waals surface area contributed by atoms with Crippen LogP contribution in [0.25, 0.3) is 0 Å². The second kappa shape index (κ2) is 8.93. The van der Waals surface area contributed by atoms with Crippen molar-refractivity contribution in [2.75, 3.05) is 38.7 Å². The third kappa shape index (κ3) is 5.61. The largest absolute Gasteiger partial charge is 0.494 e. The van der Waals surface area contributed by atoms with Crippen molar-refractivity contribution >= 4 is 21.8 Å². The number of hydrogen-bond acceptors (Lipinski definition) is 3. The van der Waals surface area contributed by atoms with E-state index in [1.54, 1.807) is 24.1 Å². The smallest absolute Gasteiger partial charge is 0.253 e. The fraction of sp³-hybridized carbons (Fsp3) is 0.500. The summed E-state index contributed by atoms with van der Waals surface area (Å²) in [5, 5.41) is 0.809. The SMILES string of the molecule is CCOc1ccc(C(=O)N(C)CCOCCBr)cc1. The van der Waals surface area contributed by atoms with Gasteiger partial charge in [0.1, 0.15) is 5.75 Å². The maximum atomic E-state index is 12.1. The molecule has 0 saturated heterocycles. The first-order valence-electron chi connectivity index (χ1n) is 6.31. The Morgan fingerprint density at radius 3 is 2.53 bits per heavy atom. The van der Waals surface area contributed by atoms with E-state index < -0.39 is 0 Å². The Morgan fingerprint density at radius 1 is 1.26 bits per heavy atom. The van der Waals surface area contributed by atoms with Crippen LogP contribution in [0, 0.1) is 0 Å². The zero-order chi connectivity index (χ0) is 14.1. The highest BCUT2D eigenvalue weighted by Gasteiger charge is 2.11. The minimum atomic E-state index is -0.00880. The zero-order valence-electron chi connectivity index (χ0n) is 11.4. The van der Waals surface area contributed by atoms with Crippen LogP contribution in [0.3, 0.4) is 0 Å². The van der Waals surface area contributed by atoms with Crippen molar-refractivity contribution in [3.05, 3.63) is 29.8 Å². The second-order valence-electron chi connectivity index (χ2n) is 3.99. The number of amides is 1. The summed E-state index contributed by atoms with van der Waals surface area (Å²) >= 11 is 3.28. The van der Waals surface area contributed by atoms with Crippen LogP contribution in [0.1, 0.15) is 17.3 Å². The molecule has 0 radical (unpaired) electrons. The van der Waals surface area contributed by atoms with Crippen LogP contribution in [0.4, 0.5) is 0 Å². The number of benzene rings is 1. The standard InChI is InChI=1S/C14H20BrNO3/c1-3-19-13-6-4-12(5-7-13)14(17)16(2)9-11-18-10-8-15/h4-7H,3,8-11H2,1-2H3. The first-order chi connectivity index (χ1) is 9.19. The molecular weight excluding hydrogens is 310 g/mol. The highest BCUT2D eigenvalue weighted by atomic mass is 79.9. The predicted octanol–water partition coefficient (Wildman–Crippen LogP) is 2.57. The lowest BCUT2D eigenvalue weighted by molar-refractivity contribution is 0.0713. The van der Waals surface area contributed by atoms with Gasteiger partial charge in [0, 0.05) is 24.5 Å². The number of hydrogen-bond donors (Lipinski definition) is 0. The van der Waals surface area contributed by atoms with Gasteiger partial charge in [0.2, 0.25) is 0 Å². The van der Waals surface area contributed by atoms with E-state index in [0.717, 1.165) is 11.1 Å². The fourth-order valence-electron chi connectivity index (χ4n) is 1.54. The van der Waals surface area contributed by atoms with Crippen molar-refractivity contribution < 1.29 is 14.3 Å². The van der Waals surface area contributed by atoms with Crippen molar-refractivity contribution in [3.63, 3.8) is 0 Å². The minimum absolute atomic E-state index is 0.00880. The van der Waals surface area contributed by atoms with Crippen LogP contribution in [0.2, 0.25) is 0 Å². The van der Waals surface area contributed by atoms with Crippen LogP contribution in [-0.4, -0.2) is 49.6 Å². The summed E-state index contributed by atoms with van der Waals surface area (Å²) in [5.41, 5.74) is 0.659. The molecule has 1 aromatic carbocycles. The molecule has 0 fully saturated rings. The van der Waals surface area contributed by atoms with Crippen molar-refractivity contribution in [1.29, 1.82) is 0 Å². The van der Waals surface area contributed by atoms with Crippen molar-refractivity contribution in [2.24, 2.45) is 0 Å². The Bertz CT molecular complexity index is 381. The molecule has 1 rings (SSSR count). The molecule has 0 saturated carbocycles. The Labute approximate surface area is 122 Å². The summed E-state index contributed by atoms with van der Waals surface area (Å²) in [7, 11) is 1.77. The van der Waals surface area contributed by atoms with Crippen molar-refractivity contribution in [3.8, 4) is 5.75 Å². The first-order valence-corrected chi connectivity index (χ1v) is 7.43. The summed E-state index contributed by atoms with van der Waals surface area (Å²) in [6, 6.07) is 7.18. The van der Waals surface area contributed by atoms with E-state index in [1.165, 1.54) is 0 Å². The van der Waals surface area contributed by atoms with Gasteiger partial charge in [-0.1, -0.05) is 15.9 Å². The molecule has 0 aliphatic heterocycles. The third-order valence-electron chi connectivity index (χ3n) is 2.55. The zero-order valence-corrected chi connectivity index (χ0v) is 13.0. The Kier molecular flexibility index (Phi) is 7.52. The van der Waals surface area contributed by atoms with Gasteiger partial charge in [0.25, 0.3) is 5.91 Å². The number of ether oxygens (including phenoxy) is 2. The lowest BCUT2D eigenvalue weighted by atomic mass is 10.2. The maximum absolute atomic E-state index is 12.1. The molecule has 1 aromatic rings. The van der Waals surface area contributed by atoms with E-state index in [4.69, 9.17) is 9.47 Å². The molecule has 0 aliphatic carbocycles. The molecule has 4 nitrogen and oxygen atoms in total. The average molecular weight is 330 g/mol. The highest BCUT2D eigenvalue weighted by Crippen LogP contribution is 2.13. The van der Waals surface area contributed by atoms with E-state index in [-0.39, 0.29) is 5.91 Å². The molecule has 0 N–H and O–H groups in total. The number of rotatable bonds is 8. The van der Waals surface area contributed by atoms with Gasteiger partial charge in [0.15, 0.2) is 0 Å². The number of likely N-dealkylation sites (N-methyl/N-ethyl adjacent to an activating group) is 1. The molecule has 5 heteroatoms. The van der Waals surface area contributed by atoms with Crippen LogP contribution in [0.15, 0.2) is 24.3 Å². The van der Waals surface area contributed by atoms with Gasteiger partial charge in [-0.3, -0.25) is 4.79 Å². The quantitative estimate of drug-likeness (QED) is 0.543. The summed E-state index contributed by atoms with van der Waals surface area (Å²) in [6.07, 6.45) is 0. The first kappa shape index (κ1) is 16.0. The molecule has 1 amide bonds. The highest BCUT2D eigenvalue weighted by molar-refractivity contribution is 9.09. The van der Waals surface area contributed by atoms with Crippen molar-refractivity contribution in [2.45, 2.75) is 6.92 Å². The predicted molar refractivity (Wildman–Crippen MR) is 79.2 cm³/mol.